The van der Waals surface area contributed by atoms with E-state index in [9.17, 15) is 9.90 Å². The summed E-state index contributed by atoms with van der Waals surface area (Å²) in [6.07, 6.45) is 4.46. The van der Waals surface area contributed by atoms with Gasteiger partial charge in [-0.15, -0.1) is 0 Å². The Balaban J connectivity index is 1.27. The first kappa shape index (κ1) is 21.3. The number of aryl methyl sites for hydroxylation is 3. The van der Waals surface area contributed by atoms with Crippen molar-refractivity contribution >= 4 is 33.9 Å². The van der Waals surface area contributed by atoms with Gasteiger partial charge < -0.3 is 25.3 Å². The van der Waals surface area contributed by atoms with Crippen LogP contribution in [0.5, 0.6) is 0 Å². The van der Waals surface area contributed by atoms with Crippen LogP contribution in [0.4, 0.5) is 5.82 Å². The summed E-state index contributed by atoms with van der Waals surface area (Å²) in [6.45, 7) is 6.62. The largest absolute Gasteiger partial charge is 0.386 e. The lowest BCUT2D eigenvalue weighted by atomic mass is 9.88. The molecule has 10 nitrogen and oxygen atoms in total. The molecule has 1 aromatic carbocycles. The van der Waals surface area contributed by atoms with E-state index in [0.29, 0.717) is 42.8 Å². The minimum Gasteiger partial charge on any atom is -0.386 e. The summed E-state index contributed by atoms with van der Waals surface area (Å²) in [4.78, 5) is 35.3. The average molecular weight is 449 g/mol. The normalized spacial score (nSPS) is 21.2. The maximum absolute atomic E-state index is 13.0. The van der Waals surface area contributed by atoms with E-state index in [1.807, 2.05) is 11.5 Å². The van der Waals surface area contributed by atoms with Crippen LogP contribution in [-0.4, -0.2) is 64.1 Å². The number of piperidine rings is 1. The number of nitrogens with one attached hydrogen (secondary N) is 1. The molecule has 1 aliphatic rings. The maximum atomic E-state index is 13.0. The molecule has 0 radical (unpaired) electrons. The molecule has 0 saturated carbocycles. The van der Waals surface area contributed by atoms with Crippen LogP contribution in [0.15, 0.2) is 24.8 Å². The maximum Gasteiger partial charge on any atom is 0.223 e. The third-order valence-corrected chi connectivity index (χ3v) is 6.52. The van der Waals surface area contributed by atoms with Gasteiger partial charge in [-0.25, -0.2) is 19.9 Å². The summed E-state index contributed by atoms with van der Waals surface area (Å²) in [6, 6.07) is 3.90. The van der Waals surface area contributed by atoms with Gasteiger partial charge in [-0.05, 0) is 44.4 Å². The number of hydrogen-bond acceptors (Lipinski definition) is 7. The minimum absolute atomic E-state index is 0.00384. The molecule has 5 rings (SSSR count). The van der Waals surface area contributed by atoms with Crippen molar-refractivity contribution in [3.05, 3.63) is 41.7 Å². The number of β-amino-alcohol motifs (C(OH)–C–C–N with tert-alkyl or cyclic N) is 1. The number of imidazole rings is 2. The van der Waals surface area contributed by atoms with Gasteiger partial charge in [-0.2, -0.15) is 0 Å². The topological polar surface area (TPSA) is 139 Å². The number of carbonyl (C=O) groups excluding carboxylic acids is 1. The number of nitrogens with zero attached hydrogens (tertiary/aromatic N) is 6. The van der Waals surface area contributed by atoms with E-state index in [1.165, 1.54) is 11.9 Å². The fourth-order valence-corrected chi connectivity index (χ4v) is 4.93. The number of aromatic nitrogens is 6. The molecule has 1 saturated heterocycles. The van der Waals surface area contributed by atoms with Crippen molar-refractivity contribution in [2.75, 3.05) is 18.8 Å². The predicted octanol–water partition coefficient (Wildman–Crippen LogP) is 2.06. The zero-order valence-electron chi connectivity index (χ0n) is 19.0. The third kappa shape index (κ3) is 3.80. The third-order valence-electron chi connectivity index (χ3n) is 6.52. The van der Waals surface area contributed by atoms with Crippen LogP contribution in [-0.2, 0) is 11.2 Å². The Labute approximate surface area is 190 Å². The van der Waals surface area contributed by atoms with Crippen LogP contribution in [0.1, 0.15) is 42.8 Å². The number of hydrogen-bond donors (Lipinski definition) is 3. The lowest BCUT2D eigenvalue weighted by Gasteiger charge is -2.43. The second kappa shape index (κ2) is 7.80. The number of benzene rings is 1. The number of nitrogens with two attached hydrogens (primary N) is 1. The number of rotatable bonds is 4. The molecule has 0 unspecified atom stereocenters. The molecular formula is C23H28N8O2. The number of amides is 1. The second-order valence-corrected chi connectivity index (χ2v) is 9.22. The molecule has 2 atom stereocenters. The van der Waals surface area contributed by atoms with E-state index in [-0.39, 0.29) is 18.5 Å². The highest BCUT2D eigenvalue weighted by atomic mass is 16.3. The van der Waals surface area contributed by atoms with E-state index in [4.69, 9.17) is 5.73 Å². The first-order chi connectivity index (χ1) is 15.7. The Morgan fingerprint density at radius 3 is 2.88 bits per heavy atom. The molecule has 3 aromatic heterocycles. The Morgan fingerprint density at radius 1 is 1.27 bits per heavy atom. The Morgan fingerprint density at radius 2 is 2.09 bits per heavy atom. The van der Waals surface area contributed by atoms with Crippen molar-refractivity contribution in [2.45, 2.75) is 51.7 Å². The van der Waals surface area contributed by atoms with Gasteiger partial charge >= 0.3 is 0 Å². The summed E-state index contributed by atoms with van der Waals surface area (Å²) in [5.41, 5.74) is 10.1. The summed E-state index contributed by atoms with van der Waals surface area (Å²) >= 11 is 0. The van der Waals surface area contributed by atoms with Crippen molar-refractivity contribution in [3.8, 4) is 0 Å². The van der Waals surface area contributed by atoms with E-state index in [0.717, 1.165) is 22.4 Å². The number of carbonyl (C=O) groups is 1. The molecule has 33 heavy (non-hydrogen) atoms. The summed E-state index contributed by atoms with van der Waals surface area (Å²) in [5.74, 6) is 1.11. The molecule has 172 valence electrons. The molecule has 10 heteroatoms. The van der Waals surface area contributed by atoms with E-state index in [1.54, 1.807) is 18.2 Å². The van der Waals surface area contributed by atoms with Crippen molar-refractivity contribution in [2.24, 2.45) is 0 Å². The number of anilines is 1. The highest BCUT2D eigenvalue weighted by molar-refractivity contribution is 5.82. The van der Waals surface area contributed by atoms with Crippen molar-refractivity contribution < 1.29 is 9.90 Å². The zero-order chi connectivity index (χ0) is 23.3. The van der Waals surface area contributed by atoms with Gasteiger partial charge in [0.1, 0.15) is 23.3 Å². The standard InChI is InChI=1S/C23H28N8O2/c1-13-8-14(2)19-15(9-13)28-17(29-19)4-5-18(32)30-7-6-16(23(3,33)10-30)31-12-27-20-21(24)25-11-26-22(20)31/h8-9,11-12,16,33H,4-7,10H2,1-3H3,(H,28,29)(H2,24,25,26)/t16-,23-/m0/s1. The minimum atomic E-state index is -1.14. The monoisotopic (exact) mass is 448 g/mol. The van der Waals surface area contributed by atoms with Gasteiger partial charge in [-0.1, -0.05) is 6.07 Å². The molecule has 0 spiro atoms. The van der Waals surface area contributed by atoms with Gasteiger partial charge in [0.15, 0.2) is 11.5 Å². The van der Waals surface area contributed by atoms with Gasteiger partial charge in [0.2, 0.25) is 5.91 Å². The summed E-state index contributed by atoms with van der Waals surface area (Å²) in [7, 11) is 0. The van der Waals surface area contributed by atoms with Gasteiger partial charge in [0.25, 0.3) is 0 Å². The Kier molecular flexibility index (Phi) is 5.04. The number of aliphatic hydroxyl groups is 1. The number of fused-ring (bicyclic) bond motifs is 2. The Bertz CT molecular complexity index is 1360. The van der Waals surface area contributed by atoms with Gasteiger partial charge in [-0.3, -0.25) is 4.79 Å². The summed E-state index contributed by atoms with van der Waals surface area (Å²) < 4.78 is 1.84. The van der Waals surface area contributed by atoms with E-state index < -0.39 is 5.60 Å². The van der Waals surface area contributed by atoms with Crippen LogP contribution in [0.2, 0.25) is 0 Å². The van der Waals surface area contributed by atoms with E-state index >= 15 is 0 Å². The molecule has 0 aliphatic carbocycles. The van der Waals surface area contributed by atoms with E-state index in [2.05, 4.69) is 44.0 Å². The number of H-pyrrole nitrogens is 1. The van der Waals surface area contributed by atoms with Gasteiger partial charge in [0, 0.05) is 19.4 Å². The molecular weight excluding hydrogens is 420 g/mol. The average Bonchev–Trinajstić information content (AvgIpc) is 3.36. The lowest BCUT2D eigenvalue weighted by Crippen LogP contribution is -2.54. The van der Waals surface area contributed by atoms with Crippen LogP contribution < -0.4 is 5.73 Å². The second-order valence-electron chi connectivity index (χ2n) is 9.22. The van der Waals surface area contributed by atoms with Crippen molar-refractivity contribution in [1.29, 1.82) is 0 Å². The first-order valence-electron chi connectivity index (χ1n) is 11.1. The lowest BCUT2D eigenvalue weighted by molar-refractivity contribution is -0.140. The molecule has 1 amide bonds. The molecule has 4 heterocycles. The van der Waals surface area contributed by atoms with Crippen LogP contribution >= 0.6 is 0 Å². The van der Waals surface area contributed by atoms with Crippen molar-refractivity contribution in [3.63, 3.8) is 0 Å². The quantitative estimate of drug-likeness (QED) is 0.434. The van der Waals surface area contributed by atoms with Crippen LogP contribution in [0, 0.1) is 13.8 Å². The highest BCUT2D eigenvalue weighted by Gasteiger charge is 2.41. The fraction of sp³-hybridized carbons (Fsp3) is 0.435. The fourth-order valence-electron chi connectivity index (χ4n) is 4.93. The smallest absolute Gasteiger partial charge is 0.223 e. The van der Waals surface area contributed by atoms with Crippen molar-refractivity contribution in [1.82, 2.24) is 34.4 Å². The van der Waals surface area contributed by atoms with Crippen LogP contribution in [0.3, 0.4) is 0 Å². The Hall–Kier alpha value is -3.53. The molecule has 1 fully saturated rings. The van der Waals surface area contributed by atoms with Crippen LogP contribution in [0.25, 0.3) is 22.2 Å². The number of likely N-dealkylation sites (tertiary alicyclic amines) is 1. The molecule has 4 aromatic rings. The highest BCUT2D eigenvalue weighted by Crippen LogP contribution is 2.34. The number of aromatic amines is 1. The molecule has 4 N–H and O–H groups in total. The predicted molar refractivity (Wildman–Crippen MR) is 124 cm³/mol. The molecule has 0 bridgehead atoms. The van der Waals surface area contributed by atoms with Gasteiger partial charge in [0.05, 0.1) is 29.9 Å². The summed E-state index contributed by atoms with van der Waals surface area (Å²) in [5, 5.41) is 11.3. The molecule has 1 aliphatic heterocycles. The first-order valence-corrected chi connectivity index (χ1v) is 11.1. The zero-order valence-corrected chi connectivity index (χ0v) is 19.0. The SMILES string of the molecule is Cc1cc(C)c2nc(CCC(=O)N3CC[C@H](n4cnc5c(N)ncnc54)[C@@](C)(O)C3)[nH]c2c1. The number of nitrogen functional groups attached to an aromatic ring is 1.